The number of alkyl halides is 1. The minimum Gasteiger partial charge on any atom is -0.461 e. The second kappa shape index (κ2) is 8.22. The third-order valence-corrected chi connectivity index (χ3v) is 5.32. The van der Waals surface area contributed by atoms with Crippen LogP contribution in [0.3, 0.4) is 0 Å². The molecule has 3 rings (SSSR count). The molecule has 6 nitrogen and oxygen atoms in total. The average Bonchev–Trinajstić information content (AvgIpc) is 2.62. The minimum absolute atomic E-state index is 0.107. The highest BCUT2D eigenvalue weighted by Gasteiger charge is 2.31. The van der Waals surface area contributed by atoms with Crippen molar-refractivity contribution in [3.05, 3.63) is 52.6 Å². The molecule has 0 spiro atoms. The number of ether oxygens (including phenoxy) is 1. The van der Waals surface area contributed by atoms with Crippen molar-refractivity contribution in [2.24, 2.45) is 10.7 Å². The van der Waals surface area contributed by atoms with Gasteiger partial charge in [0.15, 0.2) is 11.0 Å². The number of thioether (sulfide) groups is 1. The fourth-order valence-corrected chi connectivity index (χ4v) is 4.02. The van der Waals surface area contributed by atoms with Crippen LogP contribution in [0.4, 0.5) is 4.39 Å². The third kappa shape index (κ3) is 4.56. The summed E-state index contributed by atoms with van der Waals surface area (Å²) in [4.78, 5) is 25.5. The fourth-order valence-electron chi connectivity index (χ4n) is 2.79. The number of aliphatic imine (C=N–C) groups is 1. The van der Waals surface area contributed by atoms with E-state index in [-0.39, 0.29) is 28.7 Å². The topological polar surface area (TPSA) is 90.5 Å². The molecule has 142 valence electrons. The van der Waals surface area contributed by atoms with E-state index in [9.17, 15) is 9.18 Å². The van der Waals surface area contributed by atoms with Crippen molar-refractivity contribution in [1.29, 1.82) is 0 Å². The maximum absolute atomic E-state index is 12.6. The van der Waals surface area contributed by atoms with Gasteiger partial charge in [0, 0.05) is 24.4 Å². The van der Waals surface area contributed by atoms with Crippen molar-refractivity contribution in [3.8, 4) is 5.75 Å². The Morgan fingerprint density at radius 2 is 2.26 bits per heavy atom. The molecule has 0 fully saturated rings. The molecule has 0 aliphatic carbocycles. The molecule has 1 atom stereocenters. The molecule has 0 saturated heterocycles. The van der Waals surface area contributed by atoms with Crippen LogP contribution in [0.1, 0.15) is 35.1 Å². The van der Waals surface area contributed by atoms with Crippen LogP contribution in [0.2, 0.25) is 5.02 Å². The Morgan fingerprint density at radius 1 is 1.44 bits per heavy atom. The lowest BCUT2D eigenvalue weighted by molar-refractivity contribution is 0.0988. The molecular weight excluding hydrogens is 391 g/mol. The minimum atomic E-state index is -0.991. The van der Waals surface area contributed by atoms with Crippen LogP contribution in [0.25, 0.3) is 0 Å². The lowest BCUT2D eigenvalue weighted by atomic mass is 9.92. The molecule has 0 amide bonds. The van der Waals surface area contributed by atoms with Gasteiger partial charge in [-0.2, -0.15) is 0 Å². The van der Waals surface area contributed by atoms with Gasteiger partial charge in [-0.3, -0.25) is 9.78 Å². The molecule has 0 bridgehead atoms. The zero-order chi connectivity index (χ0) is 19.4. The molecule has 2 aromatic heterocycles. The normalized spacial score (nSPS) is 19.4. The summed E-state index contributed by atoms with van der Waals surface area (Å²) >= 11 is 7.61. The van der Waals surface area contributed by atoms with Gasteiger partial charge in [0.25, 0.3) is 0 Å². The summed E-state index contributed by atoms with van der Waals surface area (Å²) in [7, 11) is 0. The second-order valence-corrected chi connectivity index (χ2v) is 7.75. The lowest BCUT2D eigenvalue weighted by Gasteiger charge is -2.28. The standard InChI is InChI=1S/C18H18ClFN4O2S/c1-18(3-5-27-17(21)24-18)15-7-11(2-4-22-15)6-14(25)16-13(19)8-12(9-23-16)26-10-20/h2,4,7-9H,3,5-6,10H2,1H3,(H2,21,24)/t18-/m0/s1. The van der Waals surface area contributed by atoms with Crippen molar-refractivity contribution in [1.82, 2.24) is 9.97 Å². The van der Waals surface area contributed by atoms with Gasteiger partial charge >= 0.3 is 0 Å². The van der Waals surface area contributed by atoms with Crippen LogP contribution in [0.5, 0.6) is 5.75 Å². The first-order valence-electron chi connectivity index (χ1n) is 8.22. The van der Waals surface area contributed by atoms with Gasteiger partial charge in [-0.1, -0.05) is 23.4 Å². The summed E-state index contributed by atoms with van der Waals surface area (Å²) in [5.41, 5.74) is 7.02. The van der Waals surface area contributed by atoms with Crippen LogP contribution in [-0.2, 0) is 12.0 Å². The van der Waals surface area contributed by atoms with Crippen molar-refractivity contribution >= 4 is 34.3 Å². The van der Waals surface area contributed by atoms with E-state index in [1.54, 1.807) is 12.3 Å². The Hall–Kier alpha value is -2.19. The number of ketones is 1. The van der Waals surface area contributed by atoms with Gasteiger partial charge in [0.1, 0.15) is 17.0 Å². The van der Waals surface area contributed by atoms with Crippen LogP contribution >= 0.6 is 23.4 Å². The second-order valence-electron chi connectivity index (χ2n) is 6.23. The monoisotopic (exact) mass is 408 g/mol. The summed E-state index contributed by atoms with van der Waals surface area (Å²) in [5.74, 6) is 0.781. The number of nitrogens with two attached hydrogens (primary N) is 1. The van der Waals surface area contributed by atoms with Gasteiger partial charge in [0.2, 0.25) is 6.86 Å². The molecule has 1 aliphatic rings. The molecule has 27 heavy (non-hydrogen) atoms. The zero-order valence-electron chi connectivity index (χ0n) is 14.6. The van der Waals surface area contributed by atoms with E-state index < -0.39 is 12.4 Å². The summed E-state index contributed by atoms with van der Waals surface area (Å²) in [5, 5.41) is 0.660. The predicted octanol–water partition coefficient (Wildman–Crippen LogP) is 3.53. The number of carbonyl (C=O) groups excluding carboxylic acids is 1. The summed E-state index contributed by atoms with van der Waals surface area (Å²) < 4.78 is 16.9. The predicted molar refractivity (Wildman–Crippen MR) is 104 cm³/mol. The largest absolute Gasteiger partial charge is 0.461 e. The van der Waals surface area contributed by atoms with E-state index in [0.717, 1.165) is 23.4 Å². The van der Waals surface area contributed by atoms with Crippen molar-refractivity contribution < 1.29 is 13.9 Å². The van der Waals surface area contributed by atoms with Crippen LogP contribution < -0.4 is 10.5 Å². The molecule has 0 unspecified atom stereocenters. The Balaban J connectivity index is 1.80. The van der Waals surface area contributed by atoms with Crippen molar-refractivity contribution in [2.75, 3.05) is 12.6 Å². The quantitative estimate of drug-likeness (QED) is 0.735. The van der Waals surface area contributed by atoms with Gasteiger partial charge in [-0.05, 0) is 31.0 Å². The molecular formula is C18H18ClFN4O2S. The Morgan fingerprint density at radius 3 is 2.96 bits per heavy atom. The molecule has 2 aromatic rings. The first-order chi connectivity index (χ1) is 12.9. The number of hydrogen-bond donors (Lipinski definition) is 1. The number of amidine groups is 1. The van der Waals surface area contributed by atoms with Crippen molar-refractivity contribution in [2.45, 2.75) is 25.3 Å². The number of aromatic nitrogens is 2. The lowest BCUT2D eigenvalue weighted by Crippen LogP contribution is -2.29. The van der Waals surface area contributed by atoms with E-state index in [4.69, 9.17) is 17.3 Å². The van der Waals surface area contributed by atoms with E-state index in [0.29, 0.717) is 5.17 Å². The number of Topliss-reactive ketones (excluding diaryl/α,β-unsaturated/α-hetero) is 1. The first-order valence-corrected chi connectivity index (χ1v) is 9.59. The maximum Gasteiger partial charge on any atom is 0.228 e. The van der Waals surface area contributed by atoms with Crippen LogP contribution in [0.15, 0.2) is 35.6 Å². The zero-order valence-corrected chi connectivity index (χ0v) is 16.2. The molecule has 1 aliphatic heterocycles. The maximum atomic E-state index is 12.6. The first kappa shape index (κ1) is 19.6. The molecule has 0 saturated carbocycles. The molecule has 9 heteroatoms. The third-order valence-electron chi connectivity index (χ3n) is 4.24. The van der Waals surface area contributed by atoms with E-state index >= 15 is 0 Å². The fraction of sp³-hybridized carbons (Fsp3) is 0.333. The van der Waals surface area contributed by atoms with Gasteiger partial charge in [-0.25, -0.2) is 14.4 Å². The van der Waals surface area contributed by atoms with Crippen molar-refractivity contribution in [3.63, 3.8) is 0 Å². The van der Waals surface area contributed by atoms with Gasteiger partial charge in [0.05, 0.1) is 16.9 Å². The molecule has 3 heterocycles. The number of pyridine rings is 2. The highest BCUT2D eigenvalue weighted by atomic mass is 35.5. The smallest absolute Gasteiger partial charge is 0.228 e. The van der Waals surface area contributed by atoms with E-state index in [2.05, 4.69) is 19.7 Å². The summed E-state index contributed by atoms with van der Waals surface area (Å²) in [6.07, 6.45) is 3.85. The Kier molecular flexibility index (Phi) is 5.96. The number of hydrogen-bond acceptors (Lipinski definition) is 7. The van der Waals surface area contributed by atoms with Crippen LogP contribution in [0, 0.1) is 0 Å². The summed E-state index contributed by atoms with van der Waals surface area (Å²) in [6, 6.07) is 5.00. The Bertz CT molecular complexity index is 895. The molecule has 0 aromatic carbocycles. The highest BCUT2D eigenvalue weighted by Crippen LogP contribution is 2.34. The average molecular weight is 409 g/mol. The number of carbonyl (C=O) groups is 1. The highest BCUT2D eigenvalue weighted by molar-refractivity contribution is 8.13. The number of halogens is 2. The van der Waals surface area contributed by atoms with Gasteiger partial charge in [-0.15, -0.1) is 0 Å². The van der Waals surface area contributed by atoms with Gasteiger partial charge < -0.3 is 10.5 Å². The Labute approximate surface area is 165 Å². The number of nitrogens with zero attached hydrogens (tertiary/aromatic N) is 3. The molecule has 2 N–H and O–H groups in total. The molecule has 0 radical (unpaired) electrons. The van der Waals surface area contributed by atoms with E-state index in [1.807, 2.05) is 13.0 Å². The summed E-state index contributed by atoms with van der Waals surface area (Å²) in [6.45, 7) is 0.991. The number of rotatable bonds is 6. The van der Waals surface area contributed by atoms with Crippen LogP contribution in [-0.4, -0.2) is 33.5 Å². The SMILES string of the molecule is C[C@@]1(c2cc(CC(=O)c3ncc(OCF)cc3Cl)ccn2)CCSC(N)=N1. The van der Waals surface area contributed by atoms with E-state index in [1.165, 1.54) is 24.0 Å².